The molecule has 18 heavy (non-hydrogen) atoms. The minimum atomic E-state index is -2.93. The molecule has 0 unspecified atom stereocenters. The fourth-order valence-corrected chi connectivity index (χ4v) is 1.36. The number of benzene rings is 1. The van der Waals surface area contributed by atoms with Crippen LogP contribution in [0.3, 0.4) is 0 Å². The van der Waals surface area contributed by atoms with E-state index in [2.05, 4.69) is 11.9 Å². The third-order valence-corrected chi connectivity index (χ3v) is 2.37. The molecular formula is C12H13NO5. The van der Waals surface area contributed by atoms with Crippen LogP contribution in [0.15, 0.2) is 36.9 Å². The summed E-state index contributed by atoms with van der Waals surface area (Å²) in [5.74, 6) is -3.66. The summed E-state index contributed by atoms with van der Waals surface area (Å²) in [7, 11) is 0. The molecular weight excluding hydrogens is 238 g/mol. The number of aliphatic hydroxyl groups is 1. The lowest BCUT2D eigenvalue weighted by molar-refractivity contribution is -0.177. The van der Waals surface area contributed by atoms with Crippen LogP contribution in [0.5, 0.6) is 0 Å². The summed E-state index contributed by atoms with van der Waals surface area (Å²) in [5.41, 5.74) is -2.49. The van der Waals surface area contributed by atoms with Crippen molar-refractivity contribution in [2.45, 2.75) is 5.60 Å². The standard InChI is InChI=1S/C12H13NO5/c1-2-7-13-9-5-3-8(4-6-9)12(18,10(14)15)11(16)17/h2-6,13,18H,1,7H2,(H,14,15)(H,16,17). The van der Waals surface area contributed by atoms with Crippen LogP contribution in [-0.4, -0.2) is 33.8 Å². The Morgan fingerprint density at radius 2 is 1.72 bits per heavy atom. The van der Waals surface area contributed by atoms with E-state index < -0.39 is 17.5 Å². The molecule has 0 aliphatic heterocycles. The molecule has 4 N–H and O–H groups in total. The summed E-state index contributed by atoms with van der Waals surface area (Å²) in [5, 5.41) is 30.2. The van der Waals surface area contributed by atoms with Crippen LogP contribution in [0.2, 0.25) is 0 Å². The van der Waals surface area contributed by atoms with Gasteiger partial charge in [-0.25, -0.2) is 9.59 Å². The molecule has 0 radical (unpaired) electrons. The second kappa shape index (κ2) is 5.33. The largest absolute Gasteiger partial charge is 0.478 e. The first-order valence-electron chi connectivity index (χ1n) is 5.07. The summed E-state index contributed by atoms with van der Waals surface area (Å²) < 4.78 is 0. The third-order valence-electron chi connectivity index (χ3n) is 2.37. The number of nitrogens with one attached hydrogen (secondary N) is 1. The Balaban J connectivity index is 3.05. The highest BCUT2D eigenvalue weighted by Crippen LogP contribution is 2.23. The van der Waals surface area contributed by atoms with Crippen molar-refractivity contribution in [1.29, 1.82) is 0 Å². The quantitative estimate of drug-likeness (QED) is 0.436. The van der Waals surface area contributed by atoms with Gasteiger partial charge >= 0.3 is 11.9 Å². The van der Waals surface area contributed by atoms with E-state index in [9.17, 15) is 14.7 Å². The fourth-order valence-electron chi connectivity index (χ4n) is 1.36. The Morgan fingerprint density at radius 1 is 1.22 bits per heavy atom. The Kier molecular flexibility index (Phi) is 4.06. The van der Waals surface area contributed by atoms with Crippen LogP contribution in [0, 0.1) is 0 Å². The van der Waals surface area contributed by atoms with Gasteiger partial charge in [0.05, 0.1) is 0 Å². The molecule has 1 aromatic carbocycles. The number of carbonyl (C=O) groups is 2. The van der Waals surface area contributed by atoms with Crippen molar-refractivity contribution in [2.24, 2.45) is 0 Å². The normalized spacial score (nSPS) is 10.7. The number of aliphatic carboxylic acids is 2. The second-order valence-corrected chi connectivity index (χ2v) is 3.57. The van der Waals surface area contributed by atoms with Gasteiger partial charge in [-0.3, -0.25) is 0 Å². The van der Waals surface area contributed by atoms with Crippen LogP contribution in [-0.2, 0) is 15.2 Å². The molecule has 0 atom stereocenters. The van der Waals surface area contributed by atoms with Gasteiger partial charge in [-0.2, -0.15) is 0 Å². The van der Waals surface area contributed by atoms with Crippen molar-refractivity contribution < 1.29 is 24.9 Å². The maximum absolute atomic E-state index is 10.9. The van der Waals surface area contributed by atoms with Gasteiger partial charge < -0.3 is 20.6 Å². The molecule has 0 saturated carbocycles. The summed E-state index contributed by atoms with van der Waals surface area (Å²) in [6.07, 6.45) is 1.64. The fraction of sp³-hybridized carbons (Fsp3) is 0.167. The highest BCUT2D eigenvalue weighted by atomic mass is 16.4. The number of carboxylic acids is 2. The first-order chi connectivity index (χ1) is 8.42. The monoisotopic (exact) mass is 251 g/mol. The molecule has 1 rings (SSSR count). The van der Waals surface area contributed by atoms with Crippen molar-refractivity contribution in [3.05, 3.63) is 42.5 Å². The smallest absolute Gasteiger partial charge is 0.352 e. The second-order valence-electron chi connectivity index (χ2n) is 3.57. The molecule has 6 heteroatoms. The first kappa shape index (κ1) is 13.7. The third kappa shape index (κ3) is 2.49. The number of carboxylic acid groups (broad SMARTS) is 2. The van der Waals surface area contributed by atoms with E-state index in [4.69, 9.17) is 10.2 Å². The van der Waals surface area contributed by atoms with Crippen LogP contribution < -0.4 is 5.32 Å². The maximum Gasteiger partial charge on any atom is 0.352 e. The lowest BCUT2D eigenvalue weighted by Crippen LogP contribution is -2.43. The van der Waals surface area contributed by atoms with Crippen LogP contribution in [0.25, 0.3) is 0 Å². The zero-order chi connectivity index (χ0) is 13.8. The van der Waals surface area contributed by atoms with Gasteiger partial charge in [-0.05, 0) is 12.1 Å². The highest BCUT2D eigenvalue weighted by molar-refractivity contribution is 6.02. The Hall–Kier alpha value is -2.34. The van der Waals surface area contributed by atoms with Crippen LogP contribution >= 0.6 is 0 Å². The molecule has 0 bridgehead atoms. The molecule has 0 aliphatic carbocycles. The Bertz CT molecular complexity index is 452. The van der Waals surface area contributed by atoms with Gasteiger partial charge in [-0.1, -0.05) is 18.2 Å². The molecule has 0 aliphatic rings. The van der Waals surface area contributed by atoms with Gasteiger partial charge in [0.25, 0.3) is 5.60 Å². The lowest BCUT2D eigenvalue weighted by Gasteiger charge is -2.19. The van der Waals surface area contributed by atoms with Crippen LogP contribution in [0.4, 0.5) is 5.69 Å². The predicted octanol–water partition coefficient (Wildman–Crippen LogP) is 0.641. The van der Waals surface area contributed by atoms with E-state index in [0.717, 1.165) is 0 Å². The van der Waals surface area contributed by atoms with Gasteiger partial charge in [0.2, 0.25) is 0 Å². The van der Waals surface area contributed by atoms with E-state index >= 15 is 0 Å². The van der Waals surface area contributed by atoms with Crippen molar-refractivity contribution in [1.82, 2.24) is 0 Å². The average Bonchev–Trinajstić information content (AvgIpc) is 2.35. The minimum absolute atomic E-state index is 0.216. The average molecular weight is 251 g/mol. The molecule has 96 valence electrons. The summed E-state index contributed by atoms with van der Waals surface area (Å²) in [6, 6.07) is 5.45. The van der Waals surface area contributed by atoms with Gasteiger partial charge in [-0.15, -0.1) is 6.58 Å². The molecule has 1 aromatic rings. The zero-order valence-corrected chi connectivity index (χ0v) is 9.46. The van der Waals surface area contributed by atoms with Gasteiger partial charge in [0, 0.05) is 17.8 Å². The lowest BCUT2D eigenvalue weighted by atomic mass is 9.94. The number of rotatable bonds is 6. The van der Waals surface area contributed by atoms with E-state index in [-0.39, 0.29) is 5.56 Å². The highest BCUT2D eigenvalue weighted by Gasteiger charge is 2.46. The van der Waals surface area contributed by atoms with Crippen molar-refractivity contribution in [3.63, 3.8) is 0 Å². The van der Waals surface area contributed by atoms with E-state index in [0.29, 0.717) is 12.2 Å². The maximum atomic E-state index is 10.9. The zero-order valence-electron chi connectivity index (χ0n) is 9.46. The SMILES string of the molecule is C=CCNc1ccc(C(O)(C(=O)O)C(=O)O)cc1. The molecule has 0 amide bonds. The molecule has 0 saturated heterocycles. The first-order valence-corrected chi connectivity index (χ1v) is 5.07. The Morgan fingerprint density at radius 3 is 2.11 bits per heavy atom. The number of hydrogen-bond donors (Lipinski definition) is 4. The predicted molar refractivity (Wildman–Crippen MR) is 64.3 cm³/mol. The number of anilines is 1. The molecule has 0 aromatic heterocycles. The summed E-state index contributed by atoms with van der Waals surface area (Å²) in [6.45, 7) is 4.04. The number of hydrogen-bond acceptors (Lipinski definition) is 4. The van der Waals surface area contributed by atoms with E-state index in [1.807, 2.05) is 0 Å². The molecule has 6 nitrogen and oxygen atoms in total. The van der Waals surface area contributed by atoms with Crippen molar-refractivity contribution >= 4 is 17.6 Å². The van der Waals surface area contributed by atoms with E-state index in [1.54, 1.807) is 6.08 Å². The molecule has 0 fully saturated rings. The molecule has 0 spiro atoms. The topological polar surface area (TPSA) is 107 Å². The molecule has 0 heterocycles. The van der Waals surface area contributed by atoms with E-state index in [1.165, 1.54) is 24.3 Å². The van der Waals surface area contributed by atoms with Gasteiger partial charge in [0.1, 0.15) is 0 Å². The van der Waals surface area contributed by atoms with Gasteiger partial charge in [0.15, 0.2) is 0 Å². The Labute approximate surface area is 103 Å². The van der Waals surface area contributed by atoms with Crippen molar-refractivity contribution in [2.75, 3.05) is 11.9 Å². The minimum Gasteiger partial charge on any atom is -0.478 e. The van der Waals surface area contributed by atoms with Crippen molar-refractivity contribution in [3.8, 4) is 0 Å². The van der Waals surface area contributed by atoms with Crippen LogP contribution in [0.1, 0.15) is 5.56 Å². The summed E-state index contributed by atoms with van der Waals surface area (Å²) >= 11 is 0. The summed E-state index contributed by atoms with van der Waals surface area (Å²) in [4.78, 5) is 21.7.